The van der Waals surface area contributed by atoms with Crippen molar-refractivity contribution in [2.45, 2.75) is 25.8 Å². The first-order chi connectivity index (χ1) is 8.59. The van der Waals surface area contributed by atoms with E-state index in [0.29, 0.717) is 18.7 Å². The molecule has 7 nitrogen and oxygen atoms in total. The van der Waals surface area contributed by atoms with Crippen LogP contribution in [0.5, 0.6) is 0 Å². The number of rotatable bonds is 4. The first-order valence-corrected chi connectivity index (χ1v) is 5.93. The van der Waals surface area contributed by atoms with Crippen LogP contribution in [-0.2, 0) is 23.2 Å². The number of carbonyl (C=O) groups excluding carboxylic acids is 1. The monoisotopic (exact) mass is 252 g/mol. The van der Waals surface area contributed by atoms with Crippen LogP contribution < -0.4 is 5.32 Å². The zero-order valence-corrected chi connectivity index (χ0v) is 10.2. The van der Waals surface area contributed by atoms with Crippen molar-refractivity contribution < 1.29 is 14.7 Å². The van der Waals surface area contributed by atoms with Gasteiger partial charge in [0.25, 0.3) is 0 Å². The minimum absolute atomic E-state index is 0.206. The Bertz CT molecular complexity index is 457. The van der Waals surface area contributed by atoms with E-state index in [1.165, 1.54) is 0 Å². The zero-order chi connectivity index (χ0) is 13.1. The fourth-order valence-corrected chi connectivity index (χ4v) is 2.33. The van der Waals surface area contributed by atoms with Gasteiger partial charge < -0.3 is 15.0 Å². The molecule has 1 aliphatic carbocycles. The van der Waals surface area contributed by atoms with Crippen molar-refractivity contribution in [3.8, 4) is 0 Å². The standard InChI is InChI=1S/C11H16N4O3/c1-15-6-13-14-9(15)5-12-10(16)7-3-2-4-8(7)11(17)18/h6-8H,2-5H2,1H3,(H,12,16)(H,17,18). The summed E-state index contributed by atoms with van der Waals surface area (Å²) < 4.78 is 1.71. The van der Waals surface area contributed by atoms with Gasteiger partial charge in [0.15, 0.2) is 5.82 Å². The van der Waals surface area contributed by atoms with Crippen molar-refractivity contribution in [1.29, 1.82) is 0 Å². The molecule has 1 saturated carbocycles. The number of aliphatic carboxylic acids is 1. The highest BCUT2D eigenvalue weighted by molar-refractivity contribution is 5.85. The second kappa shape index (κ2) is 5.16. The number of nitrogens with zero attached hydrogens (tertiary/aromatic N) is 3. The van der Waals surface area contributed by atoms with Gasteiger partial charge in [-0.1, -0.05) is 6.42 Å². The molecule has 0 bridgehead atoms. The Morgan fingerprint density at radius 2 is 2.22 bits per heavy atom. The smallest absolute Gasteiger partial charge is 0.307 e. The first kappa shape index (κ1) is 12.5. The lowest BCUT2D eigenvalue weighted by Crippen LogP contribution is -2.35. The summed E-state index contributed by atoms with van der Waals surface area (Å²) in [7, 11) is 1.79. The molecule has 1 amide bonds. The van der Waals surface area contributed by atoms with Gasteiger partial charge in [0, 0.05) is 7.05 Å². The Morgan fingerprint density at radius 3 is 2.83 bits per heavy atom. The van der Waals surface area contributed by atoms with Crippen LogP contribution >= 0.6 is 0 Å². The van der Waals surface area contributed by atoms with Crippen molar-refractivity contribution in [2.24, 2.45) is 18.9 Å². The molecule has 0 aliphatic heterocycles. The number of nitrogens with one attached hydrogen (secondary N) is 1. The third-order valence-electron chi connectivity index (χ3n) is 3.40. The molecule has 1 fully saturated rings. The van der Waals surface area contributed by atoms with E-state index >= 15 is 0 Å². The number of amides is 1. The fraction of sp³-hybridized carbons (Fsp3) is 0.636. The van der Waals surface area contributed by atoms with Gasteiger partial charge in [0.1, 0.15) is 6.33 Å². The minimum Gasteiger partial charge on any atom is -0.481 e. The van der Waals surface area contributed by atoms with Crippen LogP contribution in [-0.4, -0.2) is 31.7 Å². The second-order valence-electron chi connectivity index (χ2n) is 4.56. The number of carboxylic acid groups (broad SMARTS) is 1. The van der Waals surface area contributed by atoms with Gasteiger partial charge in [-0.15, -0.1) is 10.2 Å². The predicted molar refractivity (Wildman–Crippen MR) is 61.3 cm³/mol. The van der Waals surface area contributed by atoms with Crippen molar-refractivity contribution in [1.82, 2.24) is 20.1 Å². The van der Waals surface area contributed by atoms with Crippen molar-refractivity contribution in [3.63, 3.8) is 0 Å². The molecule has 0 radical (unpaired) electrons. The molecule has 0 spiro atoms. The third kappa shape index (κ3) is 2.49. The normalized spacial score (nSPS) is 22.9. The van der Waals surface area contributed by atoms with Gasteiger partial charge in [-0.25, -0.2) is 0 Å². The van der Waals surface area contributed by atoms with Crippen LogP contribution in [0.4, 0.5) is 0 Å². The van der Waals surface area contributed by atoms with E-state index < -0.39 is 17.8 Å². The molecule has 2 N–H and O–H groups in total. The van der Waals surface area contributed by atoms with E-state index in [4.69, 9.17) is 5.11 Å². The van der Waals surface area contributed by atoms with Gasteiger partial charge in [-0.3, -0.25) is 9.59 Å². The van der Waals surface area contributed by atoms with E-state index in [1.807, 2.05) is 0 Å². The quantitative estimate of drug-likeness (QED) is 0.782. The summed E-state index contributed by atoms with van der Waals surface area (Å²) in [5.74, 6) is -1.41. The molecule has 1 aromatic heterocycles. The lowest BCUT2D eigenvalue weighted by Gasteiger charge is -2.15. The van der Waals surface area contributed by atoms with E-state index in [2.05, 4.69) is 15.5 Å². The topological polar surface area (TPSA) is 97.1 Å². The van der Waals surface area contributed by atoms with E-state index in [1.54, 1.807) is 17.9 Å². The Kier molecular flexibility index (Phi) is 3.59. The Balaban J connectivity index is 1.92. The van der Waals surface area contributed by atoms with E-state index in [0.717, 1.165) is 6.42 Å². The molecular formula is C11H16N4O3. The maximum Gasteiger partial charge on any atom is 0.307 e. The predicted octanol–water partition coefficient (Wildman–Crippen LogP) is -0.0678. The van der Waals surface area contributed by atoms with Crippen molar-refractivity contribution in [3.05, 3.63) is 12.2 Å². The molecule has 18 heavy (non-hydrogen) atoms. The van der Waals surface area contributed by atoms with Crippen LogP contribution in [0.15, 0.2) is 6.33 Å². The fourth-order valence-electron chi connectivity index (χ4n) is 2.33. The molecule has 7 heteroatoms. The minimum atomic E-state index is -0.883. The van der Waals surface area contributed by atoms with E-state index in [-0.39, 0.29) is 12.5 Å². The summed E-state index contributed by atoms with van der Waals surface area (Å²) in [5.41, 5.74) is 0. The highest BCUT2D eigenvalue weighted by Crippen LogP contribution is 2.32. The Hall–Kier alpha value is -1.92. The average molecular weight is 252 g/mol. The third-order valence-corrected chi connectivity index (χ3v) is 3.40. The summed E-state index contributed by atoms with van der Waals surface area (Å²) in [5, 5.41) is 19.3. The van der Waals surface area contributed by atoms with Crippen LogP contribution in [0.2, 0.25) is 0 Å². The van der Waals surface area contributed by atoms with Gasteiger partial charge in [0.2, 0.25) is 5.91 Å². The maximum absolute atomic E-state index is 11.9. The van der Waals surface area contributed by atoms with Gasteiger partial charge in [0.05, 0.1) is 18.4 Å². The van der Waals surface area contributed by atoms with Crippen molar-refractivity contribution in [2.75, 3.05) is 0 Å². The van der Waals surface area contributed by atoms with Crippen LogP contribution in [0.1, 0.15) is 25.1 Å². The number of aromatic nitrogens is 3. The lowest BCUT2D eigenvalue weighted by atomic mass is 9.95. The molecule has 2 unspecified atom stereocenters. The van der Waals surface area contributed by atoms with Gasteiger partial charge in [-0.05, 0) is 12.8 Å². The summed E-state index contributed by atoms with van der Waals surface area (Å²) in [6.45, 7) is 0.276. The zero-order valence-electron chi connectivity index (χ0n) is 10.2. The van der Waals surface area contributed by atoms with Crippen molar-refractivity contribution >= 4 is 11.9 Å². The number of hydrogen-bond acceptors (Lipinski definition) is 4. The highest BCUT2D eigenvalue weighted by Gasteiger charge is 2.37. The summed E-state index contributed by atoms with van der Waals surface area (Å²) >= 11 is 0. The number of carbonyl (C=O) groups is 2. The molecule has 2 rings (SSSR count). The van der Waals surface area contributed by atoms with Gasteiger partial charge >= 0.3 is 5.97 Å². The van der Waals surface area contributed by atoms with Gasteiger partial charge in [-0.2, -0.15) is 0 Å². The molecule has 1 aliphatic rings. The summed E-state index contributed by atoms with van der Waals surface area (Å²) in [4.78, 5) is 22.9. The van der Waals surface area contributed by atoms with Crippen LogP contribution in [0.3, 0.4) is 0 Å². The number of hydrogen-bond donors (Lipinski definition) is 2. The lowest BCUT2D eigenvalue weighted by molar-refractivity contribution is -0.146. The molecule has 2 atom stereocenters. The Labute approximate surface area is 104 Å². The van der Waals surface area contributed by atoms with E-state index in [9.17, 15) is 9.59 Å². The average Bonchev–Trinajstić information content (AvgIpc) is 2.94. The molecular weight excluding hydrogens is 236 g/mol. The molecule has 0 saturated heterocycles. The molecule has 0 aromatic carbocycles. The first-order valence-electron chi connectivity index (χ1n) is 5.93. The Morgan fingerprint density at radius 1 is 1.50 bits per heavy atom. The van der Waals surface area contributed by atoms with Crippen LogP contribution in [0, 0.1) is 11.8 Å². The molecule has 1 aromatic rings. The summed E-state index contributed by atoms with van der Waals surface area (Å²) in [6.07, 6.45) is 3.56. The van der Waals surface area contributed by atoms with Crippen LogP contribution in [0.25, 0.3) is 0 Å². The SMILES string of the molecule is Cn1cnnc1CNC(=O)C1CCCC1C(=O)O. The highest BCUT2D eigenvalue weighted by atomic mass is 16.4. The number of aryl methyl sites for hydroxylation is 1. The summed E-state index contributed by atoms with van der Waals surface area (Å²) in [6, 6.07) is 0. The molecule has 1 heterocycles. The maximum atomic E-state index is 11.9. The number of carboxylic acids is 1. The largest absolute Gasteiger partial charge is 0.481 e. The second-order valence-corrected chi connectivity index (χ2v) is 4.56. The molecule has 98 valence electrons.